The molecule has 0 spiro atoms. The molecule has 0 aliphatic carbocycles. The molecular formula is C18H17ClN2O3. The Morgan fingerprint density at radius 3 is 2.67 bits per heavy atom. The zero-order valence-corrected chi connectivity index (χ0v) is 14.0. The average molecular weight is 345 g/mol. The summed E-state index contributed by atoms with van der Waals surface area (Å²) in [5.74, 6) is 0.441. The van der Waals surface area contributed by atoms with E-state index in [1.807, 2.05) is 37.3 Å². The van der Waals surface area contributed by atoms with Gasteiger partial charge in [-0.05, 0) is 25.5 Å². The molecule has 3 atom stereocenters. The summed E-state index contributed by atoms with van der Waals surface area (Å²) < 4.78 is 7.81. The SMILES string of the molecule is Cc1nc2c3c(ccn2c1Cl)[C@](C)(O)[C@H](O)[C@@H](c1ccccc1)O3. The van der Waals surface area contributed by atoms with Crippen molar-refractivity contribution in [1.29, 1.82) is 0 Å². The van der Waals surface area contributed by atoms with E-state index in [1.165, 1.54) is 0 Å². The fourth-order valence-electron chi connectivity index (χ4n) is 3.22. The monoisotopic (exact) mass is 344 g/mol. The molecule has 0 radical (unpaired) electrons. The Balaban J connectivity index is 1.95. The maximum absolute atomic E-state index is 11.0. The van der Waals surface area contributed by atoms with E-state index in [9.17, 15) is 10.2 Å². The first-order chi connectivity index (χ1) is 11.4. The fourth-order valence-corrected chi connectivity index (χ4v) is 3.40. The highest BCUT2D eigenvalue weighted by atomic mass is 35.5. The van der Waals surface area contributed by atoms with E-state index in [2.05, 4.69) is 4.98 Å². The summed E-state index contributed by atoms with van der Waals surface area (Å²) in [4.78, 5) is 4.46. The van der Waals surface area contributed by atoms with Gasteiger partial charge in [-0.3, -0.25) is 4.40 Å². The van der Waals surface area contributed by atoms with Crippen molar-refractivity contribution >= 4 is 17.2 Å². The Bertz CT molecular complexity index is 921. The molecule has 5 nitrogen and oxygen atoms in total. The van der Waals surface area contributed by atoms with Gasteiger partial charge in [-0.15, -0.1) is 0 Å². The summed E-state index contributed by atoms with van der Waals surface area (Å²) in [6.07, 6.45) is -0.0822. The molecule has 1 aliphatic rings. The number of aromatic nitrogens is 2. The number of aliphatic hydroxyl groups excluding tert-OH is 1. The highest BCUT2D eigenvalue weighted by Gasteiger charge is 2.47. The minimum absolute atomic E-state index is 0.441. The summed E-state index contributed by atoms with van der Waals surface area (Å²) in [7, 11) is 0. The zero-order chi connectivity index (χ0) is 17.1. The van der Waals surface area contributed by atoms with Crippen molar-refractivity contribution in [2.75, 3.05) is 0 Å². The Morgan fingerprint density at radius 2 is 1.96 bits per heavy atom. The van der Waals surface area contributed by atoms with Crippen molar-refractivity contribution in [2.24, 2.45) is 0 Å². The third kappa shape index (κ3) is 2.05. The molecule has 3 aromatic rings. The molecule has 1 aliphatic heterocycles. The van der Waals surface area contributed by atoms with Crippen LogP contribution in [0, 0.1) is 6.92 Å². The van der Waals surface area contributed by atoms with Gasteiger partial charge in [0.1, 0.15) is 16.9 Å². The van der Waals surface area contributed by atoms with Gasteiger partial charge in [0.2, 0.25) is 0 Å². The van der Waals surface area contributed by atoms with Gasteiger partial charge in [-0.25, -0.2) is 4.98 Å². The van der Waals surface area contributed by atoms with Gasteiger partial charge in [0, 0.05) is 11.8 Å². The maximum Gasteiger partial charge on any atom is 0.181 e. The van der Waals surface area contributed by atoms with Crippen molar-refractivity contribution in [3.8, 4) is 5.75 Å². The largest absolute Gasteiger partial charge is 0.479 e. The number of aliphatic hydroxyl groups is 2. The van der Waals surface area contributed by atoms with Gasteiger partial charge in [0.15, 0.2) is 17.5 Å². The first-order valence-corrected chi connectivity index (χ1v) is 8.08. The fraction of sp³-hybridized carbons (Fsp3) is 0.278. The number of fused-ring (bicyclic) bond motifs is 3. The number of ether oxygens (including phenoxy) is 1. The van der Waals surface area contributed by atoms with Crippen LogP contribution in [0.2, 0.25) is 5.15 Å². The number of halogens is 1. The molecule has 124 valence electrons. The third-order valence-corrected chi connectivity index (χ3v) is 5.09. The molecule has 24 heavy (non-hydrogen) atoms. The molecule has 3 heterocycles. The van der Waals surface area contributed by atoms with E-state index in [0.29, 0.717) is 27.8 Å². The summed E-state index contributed by atoms with van der Waals surface area (Å²) in [5.41, 5.74) is 1.02. The van der Waals surface area contributed by atoms with Gasteiger partial charge in [0.25, 0.3) is 0 Å². The molecule has 0 amide bonds. The quantitative estimate of drug-likeness (QED) is 0.712. The Labute approximate surface area is 144 Å². The summed E-state index contributed by atoms with van der Waals surface area (Å²) in [6, 6.07) is 11.1. The number of hydrogen-bond donors (Lipinski definition) is 2. The standard InChI is InChI=1S/C18H17ClN2O3/c1-10-16(19)21-9-8-12-14(17(21)20-10)24-13(15(22)18(12,2)23)11-6-4-3-5-7-11/h3-9,13,15,22-23H,1-2H3/t13-,15-,18+/m1/s1. The minimum Gasteiger partial charge on any atom is -0.479 e. The number of pyridine rings is 1. The second-order valence-electron chi connectivity index (χ2n) is 6.28. The van der Waals surface area contributed by atoms with E-state index in [-0.39, 0.29) is 0 Å². The van der Waals surface area contributed by atoms with Gasteiger partial charge in [-0.2, -0.15) is 0 Å². The molecule has 0 bridgehead atoms. The lowest BCUT2D eigenvalue weighted by Crippen LogP contribution is -2.46. The minimum atomic E-state index is -1.47. The van der Waals surface area contributed by atoms with Crippen molar-refractivity contribution in [2.45, 2.75) is 31.7 Å². The zero-order valence-electron chi connectivity index (χ0n) is 13.3. The van der Waals surface area contributed by atoms with Crippen LogP contribution in [0.25, 0.3) is 5.65 Å². The van der Waals surface area contributed by atoms with Crippen molar-refractivity contribution in [3.63, 3.8) is 0 Å². The number of nitrogens with zero attached hydrogens (tertiary/aromatic N) is 2. The second-order valence-corrected chi connectivity index (χ2v) is 6.64. The molecule has 2 aromatic heterocycles. The molecular weight excluding hydrogens is 328 g/mol. The second kappa shape index (κ2) is 5.21. The summed E-state index contributed by atoms with van der Waals surface area (Å²) in [6.45, 7) is 3.40. The van der Waals surface area contributed by atoms with Crippen LogP contribution in [0.5, 0.6) is 5.75 Å². The molecule has 0 fully saturated rings. The number of rotatable bonds is 1. The maximum atomic E-state index is 11.0. The molecule has 0 saturated carbocycles. The van der Waals surface area contributed by atoms with Crippen LogP contribution in [0.1, 0.15) is 29.8 Å². The lowest BCUT2D eigenvalue weighted by atomic mass is 9.82. The van der Waals surface area contributed by atoms with Crippen molar-refractivity contribution < 1.29 is 14.9 Å². The van der Waals surface area contributed by atoms with Crippen LogP contribution < -0.4 is 4.74 Å². The molecule has 4 rings (SSSR count). The highest BCUT2D eigenvalue weighted by molar-refractivity contribution is 6.30. The topological polar surface area (TPSA) is 67.0 Å². The molecule has 1 aromatic carbocycles. The van der Waals surface area contributed by atoms with E-state index < -0.39 is 17.8 Å². The van der Waals surface area contributed by atoms with Crippen molar-refractivity contribution in [1.82, 2.24) is 9.38 Å². The predicted molar refractivity (Wildman–Crippen MR) is 90.3 cm³/mol. The van der Waals surface area contributed by atoms with Crippen molar-refractivity contribution in [3.05, 3.63) is 64.6 Å². The van der Waals surface area contributed by atoms with Crippen LogP contribution in [0.15, 0.2) is 42.6 Å². The normalized spacial score (nSPS) is 26.2. The Morgan fingerprint density at radius 1 is 1.25 bits per heavy atom. The van der Waals surface area contributed by atoms with Gasteiger partial charge >= 0.3 is 0 Å². The Kier molecular flexibility index (Phi) is 3.35. The first-order valence-electron chi connectivity index (χ1n) is 7.71. The predicted octanol–water partition coefficient (Wildman–Crippen LogP) is 3.00. The number of imidazole rings is 1. The Hall–Kier alpha value is -2.08. The van der Waals surface area contributed by atoms with Gasteiger partial charge in [-0.1, -0.05) is 41.9 Å². The van der Waals surface area contributed by atoms with E-state index in [4.69, 9.17) is 16.3 Å². The number of aryl methyl sites for hydroxylation is 1. The first kappa shape index (κ1) is 15.4. The smallest absolute Gasteiger partial charge is 0.181 e. The number of benzene rings is 1. The molecule has 0 unspecified atom stereocenters. The van der Waals surface area contributed by atoms with Crippen LogP contribution in [0.4, 0.5) is 0 Å². The highest BCUT2D eigenvalue weighted by Crippen LogP contribution is 2.46. The number of hydrogen-bond acceptors (Lipinski definition) is 4. The third-order valence-electron chi connectivity index (χ3n) is 4.63. The van der Waals surface area contributed by atoms with E-state index in [0.717, 1.165) is 5.56 Å². The van der Waals surface area contributed by atoms with Crippen LogP contribution >= 0.6 is 11.6 Å². The summed E-state index contributed by atoms with van der Waals surface area (Å²) in [5, 5.41) is 22.2. The molecule has 2 N–H and O–H groups in total. The van der Waals surface area contributed by atoms with E-state index >= 15 is 0 Å². The average Bonchev–Trinajstić information content (AvgIpc) is 2.87. The van der Waals surface area contributed by atoms with E-state index in [1.54, 1.807) is 23.6 Å². The summed E-state index contributed by atoms with van der Waals surface area (Å²) >= 11 is 6.27. The van der Waals surface area contributed by atoms with Crippen LogP contribution in [0.3, 0.4) is 0 Å². The van der Waals surface area contributed by atoms with Crippen LogP contribution in [-0.2, 0) is 5.60 Å². The lowest BCUT2D eigenvalue weighted by molar-refractivity contribution is -0.131. The van der Waals surface area contributed by atoms with Gasteiger partial charge in [0.05, 0.1) is 5.69 Å². The lowest BCUT2D eigenvalue weighted by Gasteiger charge is -2.41. The van der Waals surface area contributed by atoms with Crippen LogP contribution in [-0.4, -0.2) is 25.7 Å². The van der Waals surface area contributed by atoms with Gasteiger partial charge < -0.3 is 14.9 Å². The molecule has 6 heteroatoms. The molecule has 0 saturated heterocycles.